The molecule has 17 heavy (non-hydrogen) atoms. The number of carbonyl (C=O) groups excluding carboxylic acids is 1. The van der Waals surface area contributed by atoms with Gasteiger partial charge in [0.25, 0.3) is 0 Å². The molecule has 1 aromatic carbocycles. The first-order valence-electron chi connectivity index (χ1n) is 6.03. The Bertz CT molecular complexity index is 426. The van der Waals surface area contributed by atoms with Crippen molar-refractivity contribution in [1.29, 1.82) is 0 Å². The summed E-state index contributed by atoms with van der Waals surface area (Å²) in [5.41, 5.74) is 1.88. The molecule has 0 spiro atoms. The Morgan fingerprint density at radius 2 is 2.06 bits per heavy atom. The summed E-state index contributed by atoms with van der Waals surface area (Å²) in [5.74, 6) is 0. The molecule has 3 heteroatoms. The molecule has 0 amide bonds. The summed E-state index contributed by atoms with van der Waals surface area (Å²) in [5, 5.41) is 9.31. The molecule has 0 heterocycles. The average Bonchev–Trinajstić information content (AvgIpc) is 2.24. The van der Waals surface area contributed by atoms with Crippen LogP contribution >= 0.6 is 0 Å². The van der Waals surface area contributed by atoms with Crippen molar-refractivity contribution in [1.82, 2.24) is 0 Å². The van der Waals surface area contributed by atoms with Crippen molar-refractivity contribution in [2.45, 2.75) is 44.2 Å². The second-order valence-corrected chi connectivity index (χ2v) is 4.84. The van der Waals surface area contributed by atoms with Gasteiger partial charge >= 0.3 is 0 Å². The molecule has 1 aliphatic carbocycles. The Morgan fingerprint density at radius 1 is 1.41 bits per heavy atom. The van der Waals surface area contributed by atoms with E-state index in [1.165, 1.54) is 0 Å². The third kappa shape index (κ3) is 2.46. The van der Waals surface area contributed by atoms with Crippen molar-refractivity contribution in [2.75, 3.05) is 0 Å². The Morgan fingerprint density at radius 3 is 2.47 bits per heavy atom. The fraction of sp³-hybridized carbons (Fsp3) is 0.500. The number of benzene rings is 1. The Kier molecular flexibility index (Phi) is 3.41. The zero-order valence-corrected chi connectivity index (χ0v) is 10.0. The van der Waals surface area contributed by atoms with Gasteiger partial charge in [-0.1, -0.05) is 24.3 Å². The van der Waals surface area contributed by atoms with Crippen molar-refractivity contribution in [3.8, 4) is 0 Å². The van der Waals surface area contributed by atoms with Crippen LogP contribution in [0.3, 0.4) is 0 Å². The molecule has 1 aromatic rings. The molecule has 0 radical (unpaired) electrons. The number of aliphatic imine (C=N–C) groups is 1. The van der Waals surface area contributed by atoms with Gasteiger partial charge in [0, 0.05) is 0 Å². The number of hydrogen-bond acceptors (Lipinski definition) is 3. The monoisotopic (exact) mass is 231 g/mol. The predicted octanol–water partition coefficient (Wildman–Crippen LogP) is 2.32. The van der Waals surface area contributed by atoms with Gasteiger partial charge in [0.15, 0.2) is 0 Å². The molecule has 90 valence electrons. The standard InChI is InChI=1S/C14H17NO2/c1-11(17)9-12-3-5-13(6-4-12)14(15-10-16)7-2-8-14/h3-6,11,17H,2,7-9H2,1H3. The number of nitrogens with zero attached hydrogens (tertiary/aromatic N) is 1. The number of aliphatic hydroxyl groups excluding tert-OH is 1. The molecule has 0 aromatic heterocycles. The van der Waals surface area contributed by atoms with E-state index in [4.69, 9.17) is 0 Å². The molecular weight excluding hydrogens is 214 g/mol. The number of aliphatic hydroxyl groups is 1. The largest absolute Gasteiger partial charge is 0.393 e. The van der Waals surface area contributed by atoms with Gasteiger partial charge in [-0.2, -0.15) is 4.99 Å². The highest BCUT2D eigenvalue weighted by atomic mass is 16.3. The number of rotatable bonds is 4. The molecule has 3 nitrogen and oxygen atoms in total. The van der Waals surface area contributed by atoms with E-state index in [-0.39, 0.29) is 11.6 Å². The van der Waals surface area contributed by atoms with E-state index in [1.54, 1.807) is 13.0 Å². The first kappa shape index (κ1) is 12.0. The average molecular weight is 231 g/mol. The van der Waals surface area contributed by atoms with Crippen LogP contribution in [0.1, 0.15) is 37.3 Å². The van der Waals surface area contributed by atoms with E-state index in [1.807, 2.05) is 24.3 Å². The highest BCUT2D eigenvalue weighted by molar-refractivity contribution is 5.40. The second kappa shape index (κ2) is 4.82. The summed E-state index contributed by atoms with van der Waals surface area (Å²) in [4.78, 5) is 14.4. The van der Waals surface area contributed by atoms with Crippen LogP contribution in [-0.4, -0.2) is 17.3 Å². The smallest absolute Gasteiger partial charge is 0.235 e. The Hall–Kier alpha value is -1.44. The fourth-order valence-corrected chi connectivity index (χ4v) is 2.36. The normalized spacial score (nSPS) is 18.9. The number of isocyanates is 1. The van der Waals surface area contributed by atoms with E-state index in [0.29, 0.717) is 6.42 Å². The van der Waals surface area contributed by atoms with Crippen LogP contribution in [0.15, 0.2) is 29.3 Å². The minimum Gasteiger partial charge on any atom is -0.393 e. The van der Waals surface area contributed by atoms with Gasteiger partial charge < -0.3 is 5.11 Å². The van der Waals surface area contributed by atoms with Crippen molar-refractivity contribution in [3.63, 3.8) is 0 Å². The lowest BCUT2D eigenvalue weighted by molar-refractivity contribution is 0.195. The maximum absolute atomic E-state index is 10.5. The second-order valence-electron chi connectivity index (χ2n) is 4.84. The topological polar surface area (TPSA) is 49.7 Å². The molecule has 1 saturated carbocycles. The molecule has 0 aliphatic heterocycles. The summed E-state index contributed by atoms with van der Waals surface area (Å²) >= 11 is 0. The lowest BCUT2D eigenvalue weighted by Crippen LogP contribution is -2.31. The number of hydrogen-bond donors (Lipinski definition) is 1. The highest BCUT2D eigenvalue weighted by Crippen LogP contribution is 2.44. The van der Waals surface area contributed by atoms with Crippen LogP contribution in [0.25, 0.3) is 0 Å². The van der Waals surface area contributed by atoms with Crippen LogP contribution in [0, 0.1) is 0 Å². The van der Waals surface area contributed by atoms with Crippen LogP contribution < -0.4 is 0 Å². The maximum atomic E-state index is 10.5. The van der Waals surface area contributed by atoms with Crippen molar-refractivity contribution < 1.29 is 9.90 Å². The van der Waals surface area contributed by atoms with E-state index in [9.17, 15) is 9.90 Å². The molecule has 0 bridgehead atoms. The van der Waals surface area contributed by atoms with E-state index < -0.39 is 0 Å². The van der Waals surface area contributed by atoms with Crippen molar-refractivity contribution in [3.05, 3.63) is 35.4 Å². The molecule has 1 aliphatic rings. The zero-order valence-electron chi connectivity index (χ0n) is 10.0. The minimum absolute atomic E-state index is 0.314. The zero-order chi connectivity index (χ0) is 12.3. The maximum Gasteiger partial charge on any atom is 0.235 e. The first-order chi connectivity index (χ1) is 8.16. The van der Waals surface area contributed by atoms with Gasteiger partial charge in [-0.25, -0.2) is 4.79 Å². The highest BCUT2D eigenvalue weighted by Gasteiger charge is 2.38. The van der Waals surface area contributed by atoms with Gasteiger partial charge in [-0.3, -0.25) is 0 Å². The molecule has 1 fully saturated rings. The van der Waals surface area contributed by atoms with Crippen molar-refractivity contribution in [2.24, 2.45) is 4.99 Å². The lowest BCUT2D eigenvalue weighted by Gasteiger charge is -2.37. The third-order valence-electron chi connectivity index (χ3n) is 3.46. The van der Waals surface area contributed by atoms with Gasteiger partial charge in [0.05, 0.1) is 11.6 Å². The Labute approximate surface area is 101 Å². The van der Waals surface area contributed by atoms with Gasteiger partial charge in [-0.05, 0) is 43.7 Å². The summed E-state index contributed by atoms with van der Waals surface area (Å²) in [6.45, 7) is 1.78. The molecular formula is C14H17NO2. The third-order valence-corrected chi connectivity index (χ3v) is 3.46. The molecule has 1 atom stereocenters. The SMILES string of the molecule is CC(O)Cc1ccc(C2(N=C=O)CCC2)cc1. The van der Waals surface area contributed by atoms with Crippen LogP contribution in [0.2, 0.25) is 0 Å². The summed E-state index contributed by atoms with van der Waals surface area (Å²) in [6.07, 6.45) is 4.99. The molecule has 2 rings (SSSR count). The van der Waals surface area contributed by atoms with Crippen LogP contribution in [-0.2, 0) is 16.8 Å². The lowest BCUT2D eigenvalue weighted by atomic mass is 9.72. The molecule has 1 unspecified atom stereocenters. The Balaban J connectivity index is 2.19. The summed E-state index contributed by atoms with van der Waals surface area (Å²) < 4.78 is 0. The first-order valence-corrected chi connectivity index (χ1v) is 6.03. The quantitative estimate of drug-likeness (QED) is 0.638. The van der Waals surface area contributed by atoms with Crippen molar-refractivity contribution >= 4 is 6.08 Å². The van der Waals surface area contributed by atoms with Gasteiger partial charge in [-0.15, -0.1) is 0 Å². The van der Waals surface area contributed by atoms with E-state index in [2.05, 4.69) is 4.99 Å². The molecule has 0 saturated heterocycles. The van der Waals surface area contributed by atoms with Gasteiger partial charge in [0.2, 0.25) is 6.08 Å². The van der Waals surface area contributed by atoms with E-state index >= 15 is 0 Å². The predicted molar refractivity (Wildman–Crippen MR) is 65.5 cm³/mol. The summed E-state index contributed by atoms with van der Waals surface area (Å²) in [6, 6.07) is 8.03. The minimum atomic E-state index is -0.327. The van der Waals surface area contributed by atoms with Gasteiger partial charge in [0.1, 0.15) is 0 Å². The summed E-state index contributed by atoms with van der Waals surface area (Å²) in [7, 11) is 0. The van der Waals surface area contributed by atoms with Crippen LogP contribution in [0.5, 0.6) is 0 Å². The van der Waals surface area contributed by atoms with E-state index in [0.717, 1.165) is 30.4 Å². The molecule has 1 N–H and O–H groups in total. The fourth-order valence-electron chi connectivity index (χ4n) is 2.36. The van der Waals surface area contributed by atoms with Crippen LogP contribution in [0.4, 0.5) is 0 Å².